The average Bonchev–Trinajstić information content (AvgIpc) is 3.29. The highest BCUT2D eigenvalue weighted by molar-refractivity contribution is 5.34. The molecule has 1 heterocycles. The van der Waals surface area contributed by atoms with Crippen LogP contribution in [-0.2, 0) is 9.47 Å². The van der Waals surface area contributed by atoms with Gasteiger partial charge in [-0.3, -0.25) is 0 Å². The van der Waals surface area contributed by atoms with Gasteiger partial charge in [0.15, 0.2) is 6.29 Å². The van der Waals surface area contributed by atoms with E-state index in [0.29, 0.717) is 30.1 Å². The van der Waals surface area contributed by atoms with Crippen molar-refractivity contribution in [2.45, 2.75) is 118 Å². The Morgan fingerprint density at radius 1 is 1.03 bits per heavy atom. The van der Waals surface area contributed by atoms with Crippen LogP contribution in [0.3, 0.4) is 0 Å². The highest BCUT2D eigenvalue weighted by Crippen LogP contribution is 2.73. The fourth-order valence-electron chi connectivity index (χ4n) is 10.2. The lowest BCUT2D eigenvalue weighted by atomic mass is 9.40. The van der Waals surface area contributed by atoms with Crippen LogP contribution in [0.5, 0.6) is 0 Å². The van der Waals surface area contributed by atoms with Crippen LogP contribution in [-0.4, -0.2) is 41.9 Å². The summed E-state index contributed by atoms with van der Waals surface area (Å²) in [5.74, 6) is 1.70. The van der Waals surface area contributed by atoms with Crippen LogP contribution in [0.15, 0.2) is 23.3 Å². The van der Waals surface area contributed by atoms with Crippen LogP contribution < -0.4 is 0 Å². The molecule has 3 saturated carbocycles. The molecule has 11 unspecified atom stereocenters. The summed E-state index contributed by atoms with van der Waals surface area (Å²) < 4.78 is 12.3. The first-order valence-electron chi connectivity index (χ1n) is 14.2. The summed E-state index contributed by atoms with van der Waals surface area (Å²) in [6, 6.07) is 0. The highest BCUT2D eigenvalue weighted by atomic mass is 16.7. The van der Waals surface area contributed by atoms with Crippen molar-refractivity contribution in [2.24, 2.45) is 45.3 Å². The zero-order valence-corrected chi connectivity index (χ0v) is 23.4. The third-order valence-corrected chi connectivity index (χ3v) is 12.4. The molecular weight excluding hydrogens is 436 g/mol. The third kappa shape index (κ3) is 3.45. The molecule has 0 spiro atoms. The Bertz CT molecular complexity index is 902. The summed E-state index contributed by atoms with van der Waals surface area (Å²) in [7, 11) is 1.81. The molecule has 5 aliphatic rings. The van der Waals surface area contributed by atoms with Crippen molar-refractivity contribution < 1.29 is 19.7 Å². The van der Waals surface area contributed by atoms with E-state index in [1.165, 1.54) is 24.8 Å². The first kappa shape index (κ1) is 25.9. The van der Waals surface area contributed by atoms with Crippen molar-refractivity contribution >= 4 is 0 Å². The largest absolute Gasteiger partial charge is 0.392 e. The Balaban J connectivity index is 1.49. The third-order valence-electron chi connectivity index (χ3n) is 12.4. The number of aliphatic hydroxyl groups is 2. The Morgan fingerprint density at radius 2 is 1.74 bits per heavy atom. The first-order valence-corrected chi connectivity index (χ1v) is 14.2. The topological polar surface area (TPSA) is 58.9 Å². The standard InChI is InChI=1S/C31H50O4/c1-18(2)15-19-16-20(27(34-8)35-19)21-11-13-30(6)22-9-10-24-28(3,4)25(32)17-26(33)31(24,7)23(22)12-14-29(21,30)5/h9,15,19-21,23-27,32-33H,10-14,16-17H2,1-8H3. The van der Waals surface area contributed by atoms with Crippen LogP contribution in [0.25, 0.3) is 0 Å². The molecule has 35 heavy (non-hydrogen) atoms. The number of methoxy groups -OCH3 is 1. The lowest BCUT2D eigenvalue weighted by Crippen LogP contribution is -2.63. The lowest BCUT2D eigenvalue weighted by Gasteiger charge is -2.65. The molecule has 198 valence electrons. The van der Waals surface area contributed by atoms with Crippen molar-refractivity contribution in [1.29, 1.82) is 0 Å². The molecule has 1 aliphatic heterocycles. The molecule has 0 amide bonds. The Morgan fingerprint density at radius 3 is 2.40 bits per heavy atom. The number of ether oxygens (including phenoxy) is 2. The van der Waals surface area contributed by atoms with Gasteiger partial charge >= 0.3 is 0 Å². The van der Waals surface area contributed by atoms with Gasteiger partial charge in [0.1, 0.15) is 0 Å². The second-order valence-electron chi connectivity index (χ2n) is 14.3. The number of rotatable bonds is 3. The minimum atomic E-state index is -0.444. The molecule has 1 saturated heterocycles. The molecule has 4 nitrogen and oxygen atoms in total. The van der Waals surface area contributed by atoms with Crippen molar-refractivity contribution in [1.82, 2.24) is 0 Å². The first-order chi connectivity index (χ1) is 16.3. The molecular formula is C31H50O4. The van der Waals surface area contributed by atoms with E-state index in [0.717, 1.165) is 19.3 Å². The second-order valence-corrected chi connectivity index (χ2v) is 14.3. The number of fused-ring (bicyclic) bond motifs is 5. The number of hydrogen-bond donors (Lipinski definition) is 2. The van der Waals surface area contributed by atoms with Crippen LogP contribution in [0.2, 0.25) is 0 Å². The van der Waals surface area contributed by atoms with Gasteiger partial charge in [-0.2, -0.15) is 0 Å². The second kappa shape index (κ2) is 8.41. The SMILES string of the molecule is COC1OC(C=C(C)C)CC1C1CCC2(C)C3=CCC4C(C)(C)C(O)CC(O)C4(C)C3CCC12C. The highest BCUT2D eigenvalue weighted by Gasteiger charge is 2.68. The van der Waals surface area contributed by atoms with Crippen LogP contribution in [0.1, 0.15) is 93.4 Å². The maximum Gasteiger partial charge on any atom is 0.161 e. The van der Waals surface area contributed by atoms with Gasteiger partial charge in [0, 0.05) is 24.9 Å². The molecule has 4 fully saturated rings. The van der Waals surface area contributed by atoms with Crippen molar-refractivity contribution in [3.8, 4) is 0 Å². The fraction of sp³-hybridized carbons (Fsp3) is 0.871. The van der Waals surface area contributed by atoms with Gasteiger partial charge in [0.2, 0.25) is 0 Å². The number of aliphatic hydroxyl groups excluding tert-OH is 2. The van der Waals surface area contributed by atoms with E-state index >= 15 is 0 Å². The molecule has 0 aromatic heterocycles. The minimum Gasteiger partial charge on any atom is -0.392 e. The summed E-state index contributed by atoms with van der Waals surface area (Å²) in [6.45, 7) is 16.2. The normalized spacial score (nSPS) is 52.8. The summed E-state index contributed by atoms with van der Waals surface area (Å²) in [6.07, 6.45) is 11.3. The van der Waals surface area contributed by atoms with Gasteiger partial charge in [0.05, 0.1) is 18.3 Å². The van der Waals surface area contributed by atoms with E-state index in [1.807, 2.05) is 0 Å². The summed E-state index contributed by atoms with van der Waals surface area (Å²) in [5, 5.41) is 22.3. The van der Waals surface area contributed by atoms with E-state index in [4.69, 9.17) is 9.47 Å². The van der Waals surface area contributed by atoms with Crippen molar-refractivity contribution in [3.63, 3.8) is 0 Å². The Kier molecular flexibility index (Phi) is 6.24. The van der Waals surface area contributed by atoms with Crippen molar-refractivity contribution in [2.75, 3.05) is 7.11 Å². The fourth-order valence-corrected chi connectivity index (χ4v) is 10.2. The minimum absolute atomic E-state index is 0.123. The molecule has 4 heteroatoms. The maximum atomic E-state index is 11.5. The molecule has 0 aromatic rings. The van der Waals surface area contributed by atoms with E-state index in [9.17, 15) is 10.2 Å². The molecule has 0 bridgehead atoms. The van der Waals surface area contributed by atoms with E-state index in [-0.39, 0.29) is 34.1 Å². The van der Waals surface area contributed by atoms with Gasteiger partial charge in [0.25, 0.3) is 0 Å². The summed E-state index contributed by atoms with van der Waals surface area (Å²) >= 11 is 0. The van der Waals surface area contributed by atoms with Crippen molar-refractivity contribution in [3.05, 3.63) is 23.3 Å². The lowest BCUT2D eigenvalue weighted by molar-refractivity contribution is -0.191. The van der Waals surface area contributed by atoms with Gasteiger partial charge < -0.3 is 19.7 Å². The van der Waals surface area contributed by atoms with Gasteiger partial charge in [-0.1, -0.05) is 57.9 Å². The molecule has 5 rings (SSSR count). The van der Waals surface area contributed by atoms with E-state index < -0.39 is 12.2 Å². The predicted octanol–water partition coefficient (Wildman–Crippen LogP) is 6.27. The smallest absolute Gasteiger partial charge is 0.161 e. The summed E-state index contributed by atoms with van der Waals surface area (Å²) in [4.78, 5) is 0. The Labute approximate surface area is 213 Å². The zero-order valence-electron chi connectivity index (χ0n) is 23.4. The van der Waals surface area contributed by atoms with Gasteiger partial charge in [-0.25, -0.2) is 0 Å². The quantitative estimate of drug-likeness (QED) is 0.462. The number of hydrogen-bond acceptors (Lipinski definition) is 4. The molecule has 0 radical (unpaired) electrons. The van der Waals surface area contributed by atoms with Gasteiger partial charge in [-0.15, -0.1) is 0 Å². The van der Waals surface area contributed by atoms with E-state index in [1.54, 1.807) is 12.7 Å². The zero-order chi connectivity index (χ0) is 25.6. The molecule has 4 aliphatic carbocycles. The average molecular weight is 487 g/mol. The number of allylic oxidation sites excluding steroid dienone is 3. The molecule has 2 N–H and O–H groups in total. The van der Waals surface area contributed by atoms with E-state index in [2.05, 4.69) is 60.6 Å². The summed E-state index contributed by atoms with van der Waals surface area (Å²) in [5.41, 5.74) is 2.92. The van der Waals surface area contributed by atoms with Crippen LogP contribution in [0, 0.1) is 45.3 Å². The molecule has 0 aromatic carbocycles. The van der Waals surface area contributed by atoms with Crippen LogP contribution in [0.4, 0.5) is 0 Å². The predicted molar refractivity (Wildman–Crippen MR) is 140 cm³/mol. The Hall–Kier alpha value is -0.680. The van der Waals surface area contributed by atoms with Crippen LogP contribution >= 0.6 is 0 Å². The van der Waals surface area contributed by atoms with Gasteiger partial charge in [-0.05, 0) is 86.4 Å². The monoisotopic (exact) mass is 486 g/mol. The molecule has 11 atom stereocenters. The maximum absolute atomic E-state index is 11.5.